The van der Waals surface area contributed by atoms with Crippen LogP contribution < -0.4 is 4.74 Å². The Morgan fingerprint density at radius 2 is 2.18 bits per heavy atom. The quantitative estimate of drug-likeness (QED) is 0.814. The van der Waals surface area contributed by atoms with E-state index >= 15 is 0 Å². The van der Waals surface area contributed by atoms with E-state index < -0.39 is 0 Å². The summed E-state index contributed by atoms with van der Waals surface area (Å²) in [5, 5.41) is 3.13. The van der Waals surface area contributed by atoms with Crippen LogP contribution in [0.3, 0.4) is 0 Å². The zero-order valence-electron chi connectivity index (χ0n) is 9.96. The first-order valence-electron chi connectivity index (χ1n) is 5.34. The van der Waals surface area contributed by atoms with Gasteiger partial charge in [0.1, 0.15) is 5.01 Å². The Balaban J connectivity index is 1.91. The highest BCUT2D eigenvalue weighted by Crippen LogP contribution is 2.11. The number of pyridine rings is 1. The van der Waals surface area contributed by atoms with E-state index in [1.165, 1.54) is 5.56 Å². The van der Waals surface area contributed by atoms with Crippen molar-refractivity contribution in [1.82, 2.24) is 14.9 Å². The van der Waals surface area contributed by atoms with E-state index in [2.05, 4.69) is 21.9 Å². The summed E-state index contributed by atoms with van der Waals surface area (Å²) in [5.41, 5.74) is 1.17. The molecule has 2 rings (SSSR count). The molecule has 0 atom stereocenters. The SMILES string of the molecule is COc1ccc(CN(C)Cc2nccs2)cn1. The van der Waals surface area contributed by atoms with Gasteiger partial charge in [0.2, 0.25) is 5.88 Å². The highest BCUT2D eigenvalue weighted by Gasteiger charge is 2.04. The molecule has 5 heteroatoms. The molecule has 17 heavy (non-hydrogen) atoms. The molecule has 0 aliphatic rings. The van der Waals surface area contributed by atoms with Crippen molar-refractivity contribution >= 4 is 11.3 Å². The van der Waals surface area contributed by atoms with Crippen molar-refractivity contribution in [3.63, 3.8) is 0 Å². The Hall–Kier alpha value is -1.46. The van der Waals surface area contributed by atoms with Gasteiger partial charge >= 0.3 is 0 Å². The molecular weight excluding hydrogens is 234 g/mol. The lowest BCUT2D eigenvalue weighted by Crippen LogP contribution is -2.17. The van der Waals surface area contributed by atoms with Gasteiger partial charge in [-0.15, -0.1) is 11.3 Å². The van der Waals surface area contributed by atoms with Crippen molar-refractivity contribution < 1.29 is 4.74 Å². The maximum absolute atomic E-state index is 5.03. The van der Waals surface area contributed by atoms with E-state index in [4.69, 9.17) is 4.74 Å². The van der Waals surface area contributed by atoms with Crippen molar-refractivity contribution in [1.29, 1.82) is 0 Å². The van der Waals surface area contributed by atoms with E-state index in [0.717, 1.165) is 18.1 Å². The van der Waals surface area contributed by atoms with Gasteiger partial charge in [0, 0.05) is 30.4 Å². The minimum atomic E-state index is 0.649. The fourth-order valence-corrected chi connectivity index (χ4v) is 2.25. The van der Waals surface area contributed by atoms with E-state index in [0.29, 0.717) is 5.88 Å². The summed E-state index contributed by atoms with van der Waals surface area (Å²) in [6.07, 6.45) is 3.68. The van der Waals surface area contributed by atoms with Crippen LogP contribution in [0.1, 0.15) is 10.6 Å². The van der Waals surface area contributed by atoms with Crippen LogP contribution in [0.25, 0.3) is 0 Å². The zero-order valence-corrected chi connectivity index (χ0v) is 10.8. The van der Waals surface area contributed by atoms with Crippen LogP contribution >= 0.6 is 11.3 Å². The summed E-state index contributed by atoms with van der Waals surface area (Å²) < 4.78 is 5.03. The van der Waals surface area contributed by atoms with E-state index in [9.17, 15) is 0 Å². The second kappa shape index (κ2) is 5.75. The molecule has 0 amide bonds. The first-order valence-corrected chi connectivity index (χ1v) is 6.21. The number of ether oxygens (including phenoxy) is 1. The summed E-state index contributed by atoms with van der Waals surface area (Å²) >= 11 is 1.68. The van der Waals surface area contributed by atoms with Crippen molar-refractivity contribution in [2.75, 3.05) is 14.2 Å². The fourth-order valence-electron chi connectivity index (χ4n) is 1.55. The Morgan fingerprint density at radius 1 is 1.29 bits per heavy atom. The lowest BCUT2D eigenvalue weighted by molar-refractivity contribution is 0.317. The number of nitrogens with zero attached hydrogens (tertiary/aromatic N) is 3. The number of methoxy groups -OCH3 is 1. The van der Waals surface area contributed by atoms with Crippen molar-refractivity contribution in [3.8, 4) is 5.88 Å². The third-order valence-electron chi connectivity index (χ3n) is 2.35. The Kier molecular flexibility index (Phi) is 4.06. The molecular formula is C12H15N3OS. The van der Waals surface area contributed by atoms with Crippen LogP contribution in [0.2, 0.25) is 0 Å². The smallest absolute Gasteiger partial charge is 0.212 e. The van der Waals surface area contributed by atoms with Gasteiger partial charge < -0.3 is 4.74 Å². The van der Waals surface area contributed by atoms with Crippen LogP contribution in [0, 0.1) is 0 Å². The van der Waals surface area contributed by atoms with Gasteiger partial charge in [-0.1, -0.05) is 6.07 Å². The largest absolute Gasteiger partial charge is 0.481 e. The summed E-state index contributed by atoms with van der Waals surface area (Å²) in [4.78, 5) is 10.7. The molecule has 4 nitrogen and oxygen atoms in total. The lowest BCUT2D eigenvalue weighted by Gasteiger charge is -2.14. The van der Waals surface area contributed by atoms with Gasteiger partial charge in [0.25, 0.3) is 0 Å². The summed E-state index contributed by atoms with van der Waals surface area (Å²) in [7, 11) is 3.70. The van der Waals surface area contributed by atoms with Crippen LogP contribution in [-0.2, 0) is 13.1 Å². The van der Waals surface area contributed by atoms with Gasteiger partial charge in [-0.25, -0.2) is 9.97 Å². The van der Waals surface area contributed by atoms with Crippen LogP contribution in [0.4, 0.5) is 0 Å². The highest BCUT2D eigenvalue weighted by atomic mass is 32.1. The number of hydrogen-bond donors (Lipinski definition) is 0. The molecule has 0 aromatic carbocycles. The lowest BCUT2D eigenvalue weighted by atomic mass is 10.2. The van der Waals surface area contributed by atoms with Gasteiger partial charge in [0.05, 0.1) is 13.7 Å². The maximum Gasteiger partial charge on any atom is 0.212 e. The molecule has 0 bridgehead atoms. The molecule has 0 aliphatic heterocycles. The highest BCUT2D eigenvalue weighted by molar-refractivity contribution is 7.09. The summed E-state index contributed by atoms with van der Waals surface area (Å²) in [5.74, 6) is 0.649. The average molecular weight is 249 g/mol. The summed E-state index contributed by atoms with van der Waals surface area (Å²) in [6.45, 7) is 1.72. The molecule has 0 N–H and O–H groups in total. The van der Waals surface area contributed by atoms with E-state index in [1.807, 2.05) is 29.9 Å². The van der Waals surface area contributed by atoms with Gasteiger partial charge in [-0.3, -0.25) is 4.90 Å². The Bertz CT molecular complexity index is 441. The zero-order chi connectivity index (χ0) is 12.1. The molecule has 0 saturated heterocycles. The van der Waals surface area contributed by atoms with Crippen molar-refractivity contribution in [3.05, 3.63) is 40.5 Å². The molecule has 0 spiro atoms. The third-order valence-corrected chi connectivity index (χ3v) is 3.11. The van der Waals surface area contributed by atoms with Crippen molar-refractivity contribution in [2.45, 2.75) is 13.1 Å². The van der Waals surface area contributed by atoms with Gasteiger partial charge in [-0.2, -0.15) is 0 Å². The second-order valence-corrected chi connectivity index (χ2v) is 4.79. The average Bonchev–Trinajstić information content (AvgIpc) is 2.82. The fraction of sp³-hybridized carbons (Fsp3) is 0.333. The minimum absolute atomic E-state index is 0.649. The molecule has 0 aliphatic carbocycles. The maximum atomic E-state index is 5.03. The number of hydrogen-bond acceptors (Lipinski definition) is 5. The number of rotatable bonds is 5. The minimum Gasteiger partial charge on any atom is -0.481 e. The third kappa shape index (κ3) is 3.51. The number of aromatic nitrogens is 2. The predicted molar refractivity (Wildman–Crippen MR) is 68.1 cm³/mol. The van der Waals surface area contributed by atoms with E-state index in [1.54, 1.807) is 18.4 Å². The Morgan fingerprint density at radius 3 is 2.76 bits per heavy atom. The molecule has 0 unspecified atom stereocenters. The molecule has 2 aromatic rings. The molecule has 90 valence electrons. The molecule has 0 radical (unpaired) electrons. The standard InChI is InChI=1S/C12H15N3OS/c1-15(9-12-13-5-6-17-12)8-10-3-4-11(16-2)14-7-10/h3-7H,8-9H2,1-2H3. The molecule has 2 heterocycles. The van der Waals surface area contributed by atoms with Crippen LogP contribution in [0.15, 0.2) is 29.9 Å². The topological polar surface area (TPSA) is 38.2 Å². The normalized spacial score (nSPS) is 10.8. The van der Waals surface area contributed by atoms with Crippen LogP contribution in [0.5, 0.6) is 5.88 Å². The second-order valence-electron chi connectivity index (χ2n) is 3.81. The van der Waals surface area contributed by atoms with Crippen molar-refractivity contribution in [2.24, 2.45) is 0 Å². The summed E-state index contributed by atoms with van der Waals surface area (Å²) in [6, 6.07) is 3.91. The molecule has 2 aromatic heterocycles. The molecule has 0 fully saturated rings. The number of thiazole rings is 1. The monoisotopic (exact) mass is 249 g/mol. The van der Waals surface area contributed by atoms with E-state index in [-0.39, 0.29) is 0 Å². The first-order chi connectivity index (χ1) is 8.28. The Labute approximate surface area is 105 Å². The van der Waals surface area contributed by atoms with Gasteiger partial charge in [-0.05, 0) is 12.6 Å². The van der Waals surface area contributed by atoms with Crippen LogP contribution in [-0.4, -0.2) is 29.0 Å². The van der Waals surface area contributed by atoms with Gasteiger partial charge in [0.15, 0.2) is 0 Å². The predicted octanol–water partition coefficient (Wildman–Crippen LogP) is 2.18. The first kappa shape index (κ1) is 12.0. The molecule has 0 saturated carbocycles.